The lowest BCUT2D eigenvalue weighted by Gasteiger charge is -2.26. The van der Waals surface area contributed by atoms with E-state index < -0.39 is 12.1 Å². The maximum atomic E-state index is 13.0. The van der Waals surface area contributed by atoms with Crippen LogP contribution in [-0.2, 0) is 16.0 Å². The van der Waals surface area contributed by atoms with Gasteiger partial charge in [-0.05, 0) is 30.5 Å². The van der Waals surface area contributed by atoms with Crippen molar-refractivity contribution in [3.63, 3.8) is 0 Å². The standard InChI is InChI=1S/C20H20N3O3/c24-14-17-9-5-11-23(17)20(26)18(12-15-6-2-1-3-7-15)22-19(25)16-8-4-10-21-13-16/h1-4,6-8,10,13,17-18H,5,9,11-12H2,(H,22,25)/t17-,18+/m0/s1. The molecule has 26 heavy (non-hydrogen) atoms. The molecular weight excluding hydrogens is 330 g/mol. The van der Waals surface area contributed by atoms with Gasteiger partial charge in [0, 0.05) is 25.4 Å². The number of carbonyl (C=O) groups excluding carboxylic acids is 3. The first-order valence-electron chi connectivity index (χ1n) is 8.62. The Morgan fingerprint density at radius 3 is 2.73 bits per heavy atom. The van der Waals surface area contributed by atoms with Crippen molar-refractivity contribution in [1.29, 1.82) is 0 Å². The number of carbonyl (C=O) groups is 2. The minimum absolute atomic E-state index is 0.253. The Morgan fingerprint density at radius 2 is 2.04 bits per heavy atom. The van der Waals surface area contributed by atoms with Crippen LogP contribution in [0.2, 0.25) is 0 Å². The van der Waals surface area contributed by atoms with Gasteiger partial charge in [-0.3, -0.25) is 19.4 Å². The van der Waals surface area contributed by atoms with Crippen LogP contribution in [0.5, 0.6) is 0 Å². The highest BCUT2D eigenvalue weighted by atomic mass is 16.2. The molecule has 133 valence electrons. The Labute approximate surface area is 152 Å². The van der Waals surface area contributed by atoms with Gasteiger partial charge in [0.05, 0.1) is 11.6 Å². The lowest BCUT2D eigenvalue weighted by Crippen LogP contribution is -2.51. The van der Waals surface area contributed by atoms with Crippen molar-refractivity contribution in [3.8, 4) is 0 Å². The molecule has 3 rings (SSSR count). The zero-order valence-corrected chi connectivity index (χ0v) is 14.3. The van der Waals surface area contributed by atoms with Gasteiger partial charge in [-0.2, -0.15) is 0 Å². The van der Waals surface area contributed by atoms with Crippen LogP contribution in [0, 0.1) is 0 Å². The van der Waals surface area contributed by atoms with E-state index in [4.69, 9.17) is 0 Å². The molecule has 0 unspecified atom stereocenters. The summed E-state index contributed by atoms with van der Waals surface area (Å²) in [5.41, 5.74) is 1.32. The fraction of sp³-hybridized carbons (Fsp3) is 0.300. The summed E-state index contributed by atoms with van der Waals surface area (Å²) in [6.07, 6.45) is 6.70. The van der Waals surface area contributed by atoms with Crippen LogP contribution in [0.1, 0.15) is 28.8 Å². The molecule has 1 aromatic heterocycles. The fourth-order valence-electron chi connectivity index (χ4n) is 3.14. The second kappa shape index (κ2) is 8.38. The Morgan fingerprint density at radius 1 is 1.23 bits per heavy atom. The third kappa shape index (κ3) is 4.14. The largest absolute Gasteiger partial charge is 0.340 e. The minimum Gasteiger partial charge on any atom is -0.340 e. The predicted octanol–water partition coefficient (Wildman–Crippen LogP) is 1.52. The number of benzene rings is 1. The summed E-state index contributed by atoms with van der Waals surface area (Å²) >= 11 is 0. The summed E-state index contributed by atoms with van der Waals surface area (Å²) in [4.78, 5) is 42.1. The van der Waals surface area contributed by atoms with E-state index in [-0.39, 0.29) is 11.8 Å². The first kappa shape index (κ1) is 17.8. The number of rotatable bonds is 6. The van der Waals surface area contributed by atoms with Crippen LogP contribution in [0.3, 0.4) is 0 Å². The molecular formula is C20H20N3O3. The molecule has 1 aliphatic heterocycles. The van der Waals surface area contributed by atoms with Gasteiger partial charge in [0.25, 0.3) is 5.91 Å². The van der Waals surface area contributed by atoms with Gasteiger partial charge in [-0.1, -0.05) is 30.3 Å². The summed E-state index contributed by atoms with van der Waals surface area (Å²) in [7, 11) is 0. The topological polar surface area (TPSA) is 79.4 Å². The van der Waals surface area contributed by atoms with Gasteiger partial charge in [0.15, 0.2) is 0 Å². The van der Waals surface area contributed by atoms with E-state index in [9.17, 15) is 14.4 Å². The van der Waals surface area contributed by atoms with Crippen LogP contribution in [0.4, 0.5) is 0 Å². The maximum absolute atomic E-state index is 13.0. The molecule has 0 spiro atoms. The third-order valence-corrected chi connectivity index (χ3v) is 4.48. The molecule has 1 radical (unpaired) electrons. The van der Waals surface area contributed by atoms with E-state index in [1.54, 1.807) is 18.3 Å². The number of pyridine rings is 1. The van der Waals surface area contributed by atoms with Crippen molar-refractivity contribution in [2.24, 2.45) is 0 Å². The molecule has 0 aliphatic carbocycles. The number of hydrogen-bond donors (Lipinski definition) is 1. The number of amides is 2. The molecule has 0 saturated carbocycles. The summed E-state index contributed by atoms with van der Waals surface area (Å²) < 4.78 is 0. The smallest absolute Gasteiger partial charge is 0.253 e. The number of nitrogens with one attached hydrogen (secondary N) is 1. The molecule has 1 N–H and O–H groups in total. The lowest BCUT2D eigenvalue weighted by atomic mass is 10.0. The predicted molar refractivity (Wildman–Crippen MR) is 96.1 cm³/mol. The Bertz CT molecular complexity index is 764. The number of nitrogens with zero attached hydrogens (tertiary/aromatic N) is 2. The highest BCUT2D eigenvalue weighted by Gasteiger charge is 2.34. The number of likely N-dealkylation sites (tertiary alicyclic amines) is 1. The fourth-order valence-corrected chi connectivity index (χ4v) is 3.14. The first-order chi connectivity index (χ1) is 12.7. The normalized spacial score (nSPS) is 17.5. The highest BCUT2D eigenvalue weighted by Crippen LogP contribution is 2.18. The molecule has 1 aliphatic rings. The average molecular weight is 350 g/mol. The molecule has 2 heterocycles. The van der Waals surface area contributed by atoms with Crippen LogP contribution < -0.4 is 5.32 Å². The van der Waals surface area contributed by atoms with Gasteiger partial charge in [0.2, 0.25) is 12.2 Å². The molecule has 2 aromatic rings. The van der Waals surface area contributed by atoms with E-state index in [1.807, 2.05) is 36.6 Å². The van der Waals surface area contributed by atoms with E-state index in [0.717, 1.165) is 12.0 Å². The van der Waals surface area contributed by atoms with Crippen molar-refractivity contribution in [3.05, 3.63) is 66.0 Å². The number of aromatic nitrogens is 1. The monoisotopic (exact) mass is 350 g/mol. The van der Waals surface area contributed by atoms with Gasteiger partial charge >= 0.3 is 0 Å². The quantitative estimate of drug-likeness (QED) is 0.857. The van der Waals surface area contributed by atoms with Crippen molar-refractivity contribution in [1.82, 2.24) is 15.2 Å². The molecule has 1 fully saturated rings. The molecule has 2 amide bonds. The zero-order chi connectivity index (χ0) is 18.4. The minimum atomic E-state index is -0.751. The summed E-state index contributed by atoms with van der Waals surface area (Å²) in [6.45, 7) is 0.507. The second-order valence-corrected chi connectivity index (χ2v) is 6.26. The van der Waals surface area contributed by atoms with Crippen molar-refractivity contribution in [2.45, 2.75) is 31.3 Å². The van der Waals surface area contributed by atoms with Gasteiger partial charge in [0.1, 0.15) is 6.04 Å². The Hall–Kier alpha value is -3.02. The van der Waals surface area contributed by atoms with Gasteiger partial charge in [-0.15, -0.1) is 0 Å². The Kier molecular flexibility index (Phi) is 5.73. The zero-order valence-electron chi connectivity index (χ0n) is 14.3. The van der Waals surface area contributed by atoms with E-state index >= 15 is 0 Å². The summed E-state index contributed by atoms with van der Waals surface area (Å²) in [5.74, 6) is -0.616. The maximum Gasteiger partial charge on any atom is 0.253 e. The SMILES string of the molecule is O=[C][C@@H]1CCCN1C(=O)[C@@H](Cc1ccccc1)NC(=O)c1cccnc1. The lowest BCUT2D eigenvalue weighted by molar-refractivity contribution is -0.133. The molecule has 6 nitrogen and oxygen atoms in total. The van der Waals surface area contributed by atoms with Crippen LogP contribution >= 0.6 is 0 Å². The summed E-state index contributed by atoms with van der Waals surface area (Å²) in [6, 6.07) is 11.5. The average Bonchev–Trinajstić information content (AvgIpc) is 3.17. The van der Waals surface area contributed by atoms with Gasteiger partial charge < -0.3 is 10.2 Å². The molecule has 6 heteroatoms. The Balaban J connectivity index is 1.80. The molecule has 1 aromatic carbocycles. The number of hydrogen-bond acceptors (Lipinski definition) is 4. The highest BCUT2D eigenvalue weighted by molar-refractivity contribution is 5.97. The van der Waals surface area contributed by atoms with Gasteiger partial charge in [-0.25, -0.2) is 0 Å². The second-order valence-electron chi connectivity index (χ2n) is 6.26. The molecule has 1 saturated heterocycles. The van der Waals surface area contributed by atoms with E-state index in [2.05, 4.69) is 10.3 Å². The first-order valence-corrected chi connectivity index (χ1v) is 8.62. The third-order valence-electron chi connectivity index (χ3n) is 4.48. The molecule has 0 bridgehead atoms. The summed E-state index contributed by atoms with van der Waals surface area (Å²) in [5, 5.41) is 2.80. The van der Waals surface area contributed by atoms with Crippen molar-refractivity contribution >= 4 is 18.1 Å². The van der Waals surface area contributed by atoms with Crippen molar-refractivity contribution in [2.75, 3.05) is 6.54 Å². The van der Waals surface area contributed by atoms with Crippen LogP contribution in [-0.4, -0.2) is 46.6 Å². The van der Waals surface area contributed by atoms with E-state index in [0.29, 0.717) is 24.9 Å². The van der Waals surface area contributed by atoms with Crippen LogP contribution in [0.15, 0.2) is 54.9 Å². The molecule has 2 atom stereocenters. The van der Waals surface area contributed by atoms with Crippen LogP contribution in [0.25, 0.3) is 0 Å². The van der Waals surface area contributed by atoms with E-state index in [1.165, 1.54) is 11.1 Å². The van der Waals surface area contributed by atoms with Crippen molar-refractivity contribution < 1.29 is 14.4 Å².